The summed E-state index contributed by atoms with van der Waals surface area (Å²) in [4.78, 5) is 5.19. The van der Waals surface area contributed by atoms with E-state index >= 15 is 0 Å². The molecule has 0 fully saturated rings. The SMILES string of the molecule is CC.CC.CC(C)c1cc(C(C)(C)C)cc2c(C(C)(C)C)cc3c(nc4ccc(C(C)(C)C)cn43)c12. The Hall–Kier alpha value is -2.35. The number of benzene rings is 2. The van der Waals surface area contributed by atoms with Gasteiger partial charge in [0.05, 0.1) is 11.0 Å². The lowest BCUT2D eigenvalue weighted by atomic mass is 9.77. The van der Waals surface area contributed by atoms with E-state index in [1.54, 1.807) is 0 Å². The van der Waals surface area contributed by atoms with Gasteiger partial charge in [0.15, 0.2) is 0 Å². The lowest BCUT2D eigenvalue weighted by Crippen LogP contribution is -2.15. The van der Waals surface area contributed by atoms with Crippen LogP contribution in [-0.2, 0) is 16.2 Å². The summed E-state index contributed by atoms with van der Waals surface area (Å²) in [5.74, 6) is 0.424. The molecule has 4 aromatic rings. The van der Waals surface area contributed by atoms with Crippen LogP contribution in [-0.4, -0.2) is 9.38 Å². The third-order valence-electron chi connectivity index (χ3n) is 6.79. The van der Waals surface area contributed by atoms with Gasteiger partial charge in [-0.2, -0.15) is 0 Å². The molecular formula is C34H52N2. The summed E-state index contributed by atoms with van der Waals surface area (Å²) < 4.78 is 2.31. The number of aromatic nitrogens is 2. The number of hydrogen-bond donors (Lipinski definition) is 0. The molecule has 0 amide bonds. The number of imidazole rings is 1. The highest BCUT2D eigenvalue weighted by Gasteiger charge is 2.26. The molecule has 0 aliphatic rings. The second-order valence-corrected chi connectivity index (χ2v) is 12.9. The molecule has 0 atom stereocenters. The molecule has 2 aromatic heterocycles. The highest BCUT2D eigenvalue weighted by molar-refractivity contribution is 6.10. The Morgan fingerprint density at radius 3 is 1.72 bits per heavy atom. The topological polar surface area (TPSA) is 17.3 Å². The first kappa shape index (κ1) is 29.9. The fourth-order valence-corrected chi connectivity index (χ4v) is 4.69. The molecule has 2 nitrogen and oxygen atoms in total. The van der Waals surface area contributed by atoms with Crippen LogP contribution >= 0.6 is 0 Å². The predicted octanol–water partition coefficient (Wildman–Crippen LogP) is 10.7. The van der Waals surface area contributed by atoms with Crippen molar-refractivity contribution in [2.45, 2.75) is 126 Å². The Balaban J connectivity index is 0.00000109. The number of hydrogen-bond acceptors (Lipinski definition) is 1. The molecule has 4 rings (SSSR count). The highest BCUT2D eigenvalue weighted by Crippen LogP contribution is 2.42. The average molecular weight is 489 g/mol. The molecule has 2 heteroatoms. The van der Waals surface area contributed by atoms with E-state index in [-0.39, 0.29) is 16.2 Å². The molecule has 0 saturated carbocycles. The molecule has 198 valence electrons. The Labute approximate surface area is 221 Å². The van der Waals surface area contributed by atoms with Gasteiger partial charge in [0.2, 0.25) is 0 Å². The average Bonchev–Trinajstić information content (AvgIpc) is 3.16. The monoisotopic (exact) mass is 488 g/mol. The van der Waals surface area contributed by atoms with Crippen LogP contribution in [0.5, 0.6) is 0 Å². The fraction of sp³-hybridized carbons (Fsp3) is 0.559. The Morgan fingerprint density at radius 1 is 0.694 bits per heavy atom. The van der Waals surface area contributed by atoms with Crippen molar-refractivity contribution in [2.75, 3.05) is 0 Å². The van der Waals surface area contributed by atoms with E-state index in [0.717, 1.165) is 11.2 Å². The zero-order valence-corrected chi connectivity index (χ0v) is 25.9. The molecule has 0 aliphatic carbocycles. The molecule has 0 unspecified atom stereocenters. The molecular weight excluding hydrogens is 436 g/mol. The maximum Gasteiger partial charge on any atom is 0.137 e. The maximum atomic E-state index is 5.19. The first-order valence-corrected chi connectivity index (χ1v) is 14.0. The van der Waals surface area contributed by atoms with E-state index in [1.165, 1.54) is 38.5 Å². The van der Waals surface area contributed by atoms with Crippen LogP contribution in [0, 0.1) is 0 Å². The van der Waals surface area contributed by atoms with Crippen LogP contribution in [0.1, 0.15) is 132 Å². The van der Waals surface area contributed by atoms with Crippen molar-refractivity contribution in [3.8, 4) is 0 Å². The van der Waals surface area contributed by atoms with Gasteiger partial charge in [0.25, 0.3) is 0 Å². The first-order chi connectivity index (χ1) is 16.6. The minimum absolute atomic E-state index is 0.0307. The summed E-state index contributed by atoms with van der Waals surface area (Å²) >= 11 is 0. The number of pyridine rings is 1. The zero-order valence-electron chi connectivity index (χ0n) is 25.9. The van der Waals surface area contributed by atoms with E-state index in [0.29, 0.717) is 5.92 Å². The summed E-state index contributed by atoms with van der Waals surface area (Å²) in [5.41, 5.74) is 9.13. The molecule has 2 heterocycles. The van der Waals surface area contributed by atoms with Gasteiger partial charge >= 0.3 is 0 Å². The summed E-state index contributed by atoms with van der Waals surface area (Å²) in [6.07, 6.45) is 2.29. The van der Waals surface area contributed by atoms with Gasteiger partial charge in [-0.15, -0.1) is 0 Å². The normalized spacial score (nSPS) is 12.6. The van der Waals surface area contributed by atoms with E-state index in [2.05, 4.69) is 117 Å². The van der Waals surface area contributed by atoms with Crippen molar-refractivity contribution < 1.29 is 0 Å². The van der Waals surface area contributed by atoms with E-state index in [4.69, 9.17) is 4.98 Å². The van der Waals surface area contributed by atoms with Crippen LogP contribution < -0.4 is 0 Å². The number of rotatable bonds is 1. The van der Waals surface area contributed by atoms with Crippen molar-refractivity contribution >= 4 is 27.5 Å². The van der Waals surface area contributed by atoms with Crippen molar-refractivity contribution in [1.82, 2.24) is 9.38 Å². The van der Waals surface area contributed by atoms with Gasteiger partial charge in [-0.05, 0) is 61.9 Å². The van der Waals surface area contributed by atoms with Gasteiger partial charge in [0, 0.05) is 11.6 Å². The molecule has 0 saturated heterocycles. The standard InChI is InChI=1S/C30H40N2.2C2H6/c1-18(2)21-14-20(29(6,7)8)15-22-23(30(9,10)11)16-24-27(26(21)22)31-25-13-12-19(17-32(24)25)28(3,4)5;2*1-2/h12-18H,1-11H3;2*1-2H3. The van der Waals surface area contributed by atoms with Crippen molar-refractivity contribution in [3.63, 3.8) is 0 Å². The smallest absolute Gasteiger partial charge is 0.137 e. The molecule has 0 spiro atoms. The molecule has 0 radical (unpaired) electrons. The van der Waals surface area contributed by atoms with E-state index in [9.17, 15) is 0 Å². The van der Waals surface area contributed by atoms with Gasteiger partial charge in [-0.1, -0.05) is 122 Å². The predicted molar refractivity (Wildman–Crippen MR) is 163 cm³/mol. The molecule has 0 aliphatic heterocycles. The van der Waals surface area contributed by atoms with Crippen LogP contribution in [0.4, 0.5) is 0 Å². The van der Waals surface area contributed by atoms with Crippen molar-refractivity contribution in [2.24, 2.45) is 0 Å². The van der Waals surface area contributed by atoms with Crippen LogP contribution in [0.25, 0.3) is 27.5 Å². The molecule has 0 bridgehead atoms. The summed E-state index contributed by atoms with van der Waals surface area (Å²) in [6.45, 7) is 33.4. The minimum Gasteiger partial charge on any atom is -0.299 e. The van der Waals surface area contributed by atoms with Gasteiger partial charge in [-0.3, -0.25) is 4.40 Å². The highest BCUT2D eigenvalue weighted by atomic mass is 15.0. The van der Waals surface area contributed by atoms with Crippen molar-refractivity contribution in [3.05, 3.63) is 58.8 Å². The summed E-state index contributed by atoms with van der Waals surface area (Å²) in [6, 6.07) is 11.7. The number of nitrogens with zero attached hydrogens (tertiary/aromatic N) is 2. The van der Waals surface area contributed by atoms with E-state index < -0.39 is 0 Å². The second kappa shape index (κ2) is 10.6. The minimum atomic E-state index is 0.0307. The maximum absolute atomic E-state index is 5.19. The Bertz CT molecular complexity index is 1330. The van der Waals surface area contributed by atoms with Gasteiger partial charge in [-0.25, -0.2) is 4.98 Å². The van der Waals surface area contributed by atoms with E-state index in [1.807, 2.05) is 27.7 Å². The molecule has 36 heavy (non-hydrogen) atoms. The molecule has 0 N–H and O–H groups in total. The summed E-state index contributed by atoms with van der Waals surface area (Å²) in [5, 5.41) is 2.69. The second-order valence-electron chi connectivity index (χ2n) is 12.9. The lowest BCUT2D eigenvalue weighted by Gasteiger charge is -2.27. The number of fused-ring (bicyclic) bond motifs is 5. The lowest BCUT2D eigenvalue weighted by molar-refractivity contribution is 0.586. The third-order valence-corrected chi connectivity index (χ3v) is 6.79. The van der Waals surface area contributed by atoms with Crippen LogP contribution in [0.15, 0.2) is 36.5 Å². The van der Waals surface area contributed by atoms with Gasteiger partial charge in [0.1, 0.15) is 5.65 Å². The largest absolute Gasteiger partial charge is 0.299 e. The van der Waals surface area contributed by atoms with Crippen LogP contribution in [0.3, 0.4) is 0 Å². The fourth-order valence-electron chi connectivity index (χ4n) is 4.69. The Kier molecular flexibility index (Phi) is 8.76. The molecule has 2 aromatic carbocycles. The van der Waals surface area contributed by atoms with Crippen molar-refractivity contribution in [1.29, 1.82) is 0 Å². The zero-order chi connectivity index (χ0) is 27.8. The van der Waals surface area contributed by atoms with Crippen LogP contribution in [0.2, 0.25) is 0 Å². The quantitative estimate of drug-likeness (QED) is 0.260. The third kappa shape index (κ3) is 5.63. The van der Waals surface area contributed by atoms with Gasteiger partial charge < -0.3 is 0 Å². The first-order valence-electron chi connectivity index (χ1n) is 14.0. The summed E-state index contributed by atoms with van der Waals surface area (Å²) in [7, 11) is 0. The Morgan fingerprint density at radius 2 is 1.25 bits per heavy atom.